The molecule has 462 valence electrons. The summed E-state index contributed by atoms with van der Waals surface area (Å²) in [5.74, 6) is -1.49. The van der Waals surface area contributed by atoms with E-state index in [0.29, 0.717) is 19.3 Å². The molecule has 0 radical (unpaired) electrons. The van der Waals surface area contributed by atoms with E-state index in [1.165, 1.54) is 109 Å². The molecule has 0 heterocycles. The fourth-order valence-corrected chi connectivity index (χ4v) is 9.63. The van der Waals surface area contributed by atoms with Crippen molar-refractivity contribution in [1.82, 2.24) is 0 Å². The van der Waals surface area contributed by atoms with Gasteiger partial charge in [0, 0.05) is 19.3 Å². The van der Waals surface area contributed by atoms with Gasteiger partial charge in [0.05, 0.1) is 19.8 Å². The molecule has 11 nitrogen and oxygen atoms in total. The number of phosphoric acid groups is 1. The lowest BCUT2D eigenvalue weighted by Gasteiger charge is -2.21. The van der Waals surface area contributed by atoms with Gasteiger partial charge in [-0.1, -0.05) is 241 Å². The Hall–Kier alpha value is -3.34. The van der Waals surface area contributed by atoms with Crippen LogP contribution in [0.2, 0.25) is 0 Å². The van der Waals surface area contributed by atoms with E-state index in [9.17, 15) is 28.9 Å². The number of rotatable bonds is 60. The standard InChI is InChI=1S/C68H119O11P/c1-4-7-10-13-16-19-22-25-28-30-32-34-37-39-42-45-48-51-54-57-66(70)75-61-65(79-68(72)59-56-53-50-47-44-41-38-35-33-31-29-26-23-20-17-14-11-8-5-2)63-77-80(73,74)76-62-64(60-69)78-67(71)58-55-52-49-46-43-40-36-27-24-21-18-15-12-9-6-3/h9,12,17-18,20-21,25-29,33,35-36,64-65,69H,4-8,10-11,13-16,19,22-24,30-32,34,37-63H2,1-3H3,(H,73,74)/b12-9-,20-17-,21-18-,28-25-,29-26-,35-33-,36-27-. The highest BCUT2D eigenvalue weighted by molar-refractivity contribution is 7.47. The van der Waals surface area contributed by atoms with Crippen LogP contribution in [-0.4, -0.2) is 66.5 Å². The van der Waals surface area contributed by atoms with Gasteiger partial charge in [0.15, 0.2) is 6.10 Å². The largest absolute Gasteiger partial charge is 0.472 e. The average Bonchev–Trinajstić information content (AvgIpc) is 3.45. The van der Waals surface area contributed by atoms with Crippen LogP contribution >= 0.6 is 7.82 Å². The Balaban J connectivity index is 4.74. The minimum Gasteiger partial charge on any atom is -0.462 e. The summed E-state index contributed by atoms with van der Waals surface area (Å²) in [6, 6.07) is 0. The van der Waals surface area contributed by atoms with E-state index in [1.54, 1.807) is 0 Å². The zero-order valence-corrected chi connectivity index (χ0v) is 52.2. The number of unbranched alkanes of at least 4 members (excludes halogenated alkanes) is 29. The minimum atomic E-state index is -4.77. The molecule has 3 unspecified atom stereocenters. The monoisotopic (exact) mass is 1140 g/mol. The maximum absolute atomic E-state index is 13.0. The molecule has 12 heteroatoms. The minimum absolute atomic E-state index is 0.149. The van der Waals surface area contributed by atoms with Crippen molar-refractivity contribution in [3.63, 3.8) is 0 Å². The summed E-state index contributed by atoms with van der Waals surface area (Å²) < 4.78 is 39.7. The topological polar surface area (TPSA) is 155 Å². The maximum atomic E-state index is 13.0. The number of carbonyl (C=O) groups excluding carboxylic acids is 3. The molecule has 0 aliphatic heterocycles. The molecule has 3 atom stereocenters. The van der Waals surface area contributed by atoms with E-state index in [2.05, 4.69) is 106 Å². The zero-order chi connectivity index (χ0) is 58.3. The predicted molar refractivity (Wildman–Crippen MR) is 334 cm³/mol. The van der Waals surface area contributed by atoms with Gasteiger partial charge in [-0.15, -0.1) is 0 Å². The summed E-state index contributed by atoms with van der Waals surface area (Å²) in [7, 11) is -4.77. The van der Waals surface area contributed by atoms with Crippen molar-refractivity contribution < 1.29 is 52.2 Å². The molecule has 80 heavy (non-hydrogen) atoms. The highest BCUT2D eigenvalue weighted by Crippen LogP contribution is 2.43. The van der Waals surface area contributed by atoms with Crippen LogP contribution in [0, 0.1) is 0 Å². The molecule has 0 amide bonds. The SMILES string of the molecule is CC/C=C\C/C=C\C/C=C\CCCCCCCC(=O)OC(CO)COP(=O)(O)OCC(COC(=O)CCCCCCCCCCC/C=C\CCCCCCCC)OC(=O)CCCCCCCC/C=C\C/C=C\C/C=C\CCCCC. The quantitative estimate of drug-likeness (QED) is 0.0197. The lowest BCUT2D eigenvalue weighted by Crippen LogP contribution is -2.30. The van der Waals surface area contributed by atoms with Crippen molar-refractivity contribution in [2.45, 2.75) is 303 Å². The van der Waals surface area contributed by atoms with Gasteiger partial charge in [0.2, 0.25) is 0 Å². The van der Waals surface area contributed by atoms with Crippen molar-refractivity contribution in [3.05, 3.63) is 85.1 Å². The second-order valence-corrected chi connectivity index (χ2v) is 23.0. The van der Waals surface area contributed by atoms with Gasteiger partial charge in [-0.2, -0.15) is 0 Å². The maximum Gasteiger partial charge on any atom is 0.472 e. The molecule has 0 saturated carbocycles. The molecule has 0 aromatic heterocycles. The van der Waals surface area contributed by atoms with Gasteiger partial charge < -0.3 is 24.2 Å². The first-order chi connectivity index (χ1) is 39.2. The van der Waals surface area contributed by atoms with Crippen LogP contribution < -0.4 is 0 Å². The van der Waals surface area contributed by atoms with Crippen LogP contribution in [0.25, 0.3) is 0 Å². The van der Waals surface area contributed by atoms with E-state index < -0.39 is 57.8 Å². The number of aliphatic hydroxyl groups excluding tert-OH is 1. The number of carbonyl (C=O) groups is 3. The van der Waals surface area contributed by atoms with Crippen LogP contribution in [-0.2, 0) is 42.2 Å². The summed E-state index contributed by atoms with van der Waals surface area (Å²) in [4.78, 5) is 48.8. The van der Waals surface area contributed by atoms with Crippen LogP contribution in [0.15, 0.2) is 85.1 Å². The Kier molecular flexibility index (Phi) is 59.1. The lowest BCUT2D eigenvalue weighted by molar-refractivity contribution is -0.161. The number of hydrogen-bond acceptors (Lipinski definition) is 10. The van der Waals surface area contributed by atoms with Crippen molar-refractivity contribution in [2.75, 3.05) is 26.4 Å². The van der Waals surface area contributed by atoms with E-state index in [-0.39, 0.29) is 25.9 Å². The smallest absolute Gasteiger partial charge is 0.462 e. The number of aliphatic hydroxyl groups is 1. The molecule has 0 aliphatic rings. The average molecular weight is 1140 g/mol. The molecular formula is C68H119O11P. The summed E-state index contributed by atoms with van der Waals surface area (Å²) >= 11 is 0. The van der Waals surface area contributed by atoms with E-state index >= 15 is 0 Å². The normalized spacial score (nSPS) is 13.8. The van der Waals surface area contributed by atoms with Crippen LogP contribution in [0.3, 0.4) is 0 Å². The fourth-order valence-electron chi connectivity index (χ4n) is 8.84. The second-order valence-electron chi connectivity index (χ2n) is 21.5. The molecule has 0 bridgehead atoms. The van der Waals surface area contributed by atoms with Crippen LogP contribution in [0.1, 0.15) is 290 Å². The molecule has 0 fully saturated rings. The second kappa shape index (κ2) is 61.7. The number of hydrogen-bond donors (Lipinski definition) is 2. The van der Waals surface area contributed by atoms with Gasteiger partial charge in [-0.3, -0.25) is 23.4 Å². The van der Waals surface area contributed by atoms with Gasteiger partial charge in [-0.25, -0.2) is 4.57 Å². The Morgan fingerprint density at radius 1 is 0.362 bits per heavy atom. The summed E-state index contributed by atoms with van der Waals surface area (Å²) in [5.41, 5.74) is 0. The summed E-state index contributed by atoms with van der Waals surface area (Å²) in [6.07, 6.45) is 72.4. The molecule has 0 rings (SSSR count). The number of ether oxygens (including phenoxy) is 3. The molecule has 0 saturated heterocycles. The third kappa shape index (κ3) is 59.3. The summed E-state index contributed by atoms with van der Waals surface area (Å²) in [6.45, 7) is 4.50. The number of phosphoric ester groups is 1. The first-order valence-electron chi connectivity index (χ1n) is 32.5. The first kappa shape index (κ1) is 76.7. The molecular weight excluding hydrogens is 1020 g/mol. The predicted octanol–water partition coefficient (Wildman–Crippen LogP) is 19.8. The third-order valence-electron chi connectivity index (χ3n) is 13.8. The first-order valence-corrected chi connectivity index (χ1v) is 34.0. The zero-order valence-electron chi connectivity index (χ0n) is 51.3. The highest BCUT2D eigenvalue weighted by Gasteiger charge is 2.28. The van der Waals surface area contributed by atoms with Crippen LogP contribution in [0.5, 0.6) is 0 Å². The van der Waals surface area contributed by atoms with Crippen molar-refractivity contribution >= 4 is 25.7 Å². The van der Waals surface area contributed by atoms with Crippen molar-refractivity contribution in [1.29, 1.82) is 0 Å². The molecule has 0 aliphatic carbocycles. The Morgan fingerprint density at radius 3 is 1.04 bits per heavy atom. The van der Waals surface area contributed by atoms with E-state index in [4.69, 9.17) is 23.3 Å². The fraction of sp³-hybridized carbons (Fsp3) is 0.750. The molecule has 0 aromatic carbocycles. The summed E-state index contributed by atoms with van der Waals surface area (Å²) in [5, 5.41) is 9.85. The number of allylic oxidation sites excluding steroid dienone is 14. The lowest BCUT2D eigenvalue weighted by atomic mass is 10.1. The van der Waals surface area contributed by atoms with Crippen molar-refractivity contribution in [2.24, 2.45) is 0 Å². The van der Waals surface area contributed by atoms with Gasteiger partial charge in [-0.05, 0) is 116 Å². The number of esters is 3. The van der Waals surface area contributed by atoms with Gasteiger partial charge in [0.25, 0.3) is 0 Å². The Morgan fingerprint density at radius 2 is 0.650 bits per heavy atom. The Labute approximate surface area is 490 Å². The van der Waals surface area contributed by atoms with E-state index in [0.717, 1.165) is 122 Å². The Bertz CT molecular complexity index is 1670. The van der Waals surface area contributed by atoms with E-state index in [1.807, 2.05) is 0 Å². The molecule has 2 N–H and O–H groups in total. The van der Waals surface area contributed by atoms with Crippen molar-refractivity contribution in [3.8, 4) is 0 Å². The van der Waals surface area contributed by atoms with Crippen LogP contribution in [0.4, 0.5) is 0 Å². The van der Waals surface area contributed by atoms with Gasteiger partial charge in [0.1, 0.15) is 12.7 Å². The third-order valence-corrected chi connectivity index (χ3v) is 14.7. The molecule has 0 spiro atoms. The molecule has 0 aromatic rings. The van der Waals surface area contributed by atoms with Gasteiger partial charge >= 0.3 is 25.7 Å². The highest BCUT2D eigenvalue weighted by atomic mass is 31.2.